The highest BCUT2D eigenvalue weighted by Gasteiger charge is 2.36. The van der Waals surface area contributed by atoms with Gasteiger partial charge in [-0.05, 0) is 37.1 Å². The lowest BCUT2D eigenvalue weighted by Crippen LogP contribution is -2.33. The summed E-state index contributed by atoms with van der Waals surface area (Å²) in [5, 5.41) is 2.47. The fraction of sp³-hybridized carbons (Fsp3) is 0.391. The Hall–Kier alpha value is -3.51. The van der Waals surface area contributed by atoms with Crippen LogP contribution in [0.15, 0.2) is 46.1 Å². The normalized spacial score (nSPS) is 22.2. The van der Waals surface area contributed by atoms with Crippen molar-refractivity contribution in [2.24, 2.45) is 0 Å². The Bertz CT molecular complexity index is 1380. The first-order chi connectivity index (χ1) is 17.7. The zero-order valence-corrected chi connectivity index (χ0v) is 21.0. The maximum Gasteiger partial charge on any atom is 0.530 e. The number of benzene rings is 1. The van der Waals surface area contributed by atoms with Gasteiger partial charge in [-0.25, -0.2) is 9.36 Å². The summed E-state index contributed by atoms with van der Waals surface area (Å²) in [6.07, 6.45) is 3.87. The number of H-pyrrole nitrogens is 1. The maximum absolute atomic E-state index is 13.0. The van der Waals surface area contributed by atoms with Gasteiger partial charge in [0.1, 0.15) is 18.4 Å². The van der Waals surface area contributed by atoms with Crippen LogP contribution < -0.4 is 21.1 Å². The number of ether oxygens (including phenoxy) is 2. The number of rotatable bonds is 9. The molecule has 0 spiro atoms. The largest absolute Gasteiger partial charge is 0.530 e. The molecule has 3 atom stereocenters. The second kappa shape index (κ2) is 11.3. The third-order valence-corrected chi connectivity index (χ3v) is 6.96. The van der Waals surface area contributed by atoms with Crippen molar-refractivity contribution >= 4 is 19.7 Å². The van der Waals surface area contributed by atoms with Crippen LogP contribution in [0.3, 0.4) is 0 Å². The molecule has 2 aliphatic rings. The Morgan fingerprint density at radius 2 is 2.08 bits per heavy atom. The summed E-state index contributed by atoms with van der Waals surface area (Å²) in [7, 11) is -2.68. The lowest BCUT2D eigenvalue weighted by Gasteiger charge is -2.26. The van der Waals surface area contributed by atoms with Gasteiger partial charge in [0.2, 0.25) is 5.91 Å². The van der Waals surface area contributed by atoms with E-state index in [1.165, 1.54) is 17.9 Å². The minimum Gasteiger partial charge on any atom is -0.468 e. The zero-order chi connectivity index (χ0) is 26.6. The molecule has 14 heteroatoms. The number of fused-ring (bicyclic) bond motifs is 1. The smallest absolute Gasteiger partial charge is 0.468 e. The average molecular weight is 535 g/mol. The molecular formula is C23H26N3O10P. The minimum atomic E-state index is -3.92. The second-order valence-electron chi connectivity index (χ2n) is 8.33. The molecule has 3 heterocycles. The Morgan fingerprint density at radius 3 is 2.86 bits per heavy atom. The fourth-order valence-electron chi connectivity index (χ4n) is 3.62. The standard InChI is InChI=1S/C23H26N3O10P/c1-14-11-26(23(30)25-22(14)29)20-8-5-17(35-20)13-34-37(31)33-12-16-9-15(3-6-18(16)36-37)4-7-19(27)24-10-21(28)32-2/h3,5-6,8-9,11,17,20H,4,7,10,12-13H2,1-2H3,(H,24,27)(H,25,29,30)/t17-,20+,37?/m0/s1. The molecular weight excluding hydrogens is 509 g/mol. The summed E-state index contributed by atoms with van der Waals surface area (Å²) in [6, 6.07) is 5.14. The van der Waals surface area contributed by atoms with Gasteiger partial charge in [-0.15, -0.1) is 0 Å². The predicted octanol–water partition coefficient (Wildman–Crippen LogP) is 1.25. The van der Waals surface area contributed by atoms with Crippen molar-refractivity contribution in [3.05, 3.63) is 74.1 Å². The van der Waals surface area contributed by atoms with Crippen LogP contribution in [-0.4, -0.2) is 47.8 Å². The van der Waals surface area contributed by atoms with Gasteiger partial charge < -0.3 is 19.3 Å². The first-order valence-electron chi connectivity index (χ1n) is 11.4. The van der Waals surface area contributed by atoms with Crippen LogP contribution in [0.5, 0.6) is 5.75 Å². The van der Waals surface area contributed by atoms with Gasteiger partial charge in [0.15, 0.2) is 6.23 Å². The van der Waals surface area contributed by atoms with Crippen molar-refractivity contribution in [1.29, 1.82) is 0 Å². The Labute approximate surface area is 210 Å². The van der Waals surface area contributed by atoms with E-state index in [9.17, 15) is 23.7 Å². The lowest BCUT2D eigenvalue weighted by atomic mass is 10.1. The number of nitrogens with zero attached hydrogens (tertiary/aromatic N) is 1. The summed E-state index contributed by atoms with van der Waals surface area (Å²) in [6.45, 7) is 1.20. The molecule has 1 unspecified atom stereocenters. The molecule has 0 aliphatic carbocycles. The molecule has 0 fully saturated rings. The number of carbonyl (C=O) groups is 2. The van der Waals surface area contributed by atoms with E-state index in [4.69, 9.17) is 18.3 Å². The first-order valence-corrected chi connectivity index (χ1v) is 12.8. The number of hydrogen-bond acceptors (Lipinski definition) is 10. The number of phosphoric acid groups is 1. The van der Waals surface area contributed by atoms with Crippen LogP contribution in [0.2, 0.25) is 0 Å². The number of aromatic nitrogens is 2. The van der Waals surface area contributed by atoms with E-state index < -0.39 is 37.4 Å². The van der Waals surface area contributed by atoms with Gasteiger partial charge in [-0.2, -0.15) is 0 Å². The summed E-state index contributed by atoms with van der Waals surface area (Å²) in [5.74, 6) is -0.484. The number of phosphoric ester groups is 1. The monoisotopic (exact) mass is 535 g/mol. The van der Waals surface area contributed by atoms with Crippen molar-refractivity contribution in [3.8, 4) is 5.75 Å². The Balaban J connectivity index is 1.28. The Kier molecular flexibility index (Phi) is 8.08. The van der Waals surface area contributed by atoms with E-state index in [0.29, 0.717) is 23.3 Å². The first kappa shape index (κ1) is 26.6. The topological polar surface area (TPSA) is 164 Å². The summed E-state index contributed by atoms with van der Waals surface area (Å²) in [5.41, 5.74) is 0.749. The van der Waals surface area contributed by atoms with Gasteiger partial charge in [0, 0.05) is 23.7 Å². The van der Waals surface area contributed by atoms with Crippen LogP contribution in [0.1, 0.15) is 29.3 Å². The molecule has 0 bridgehead atoms. The molecule has 2 N–H and O–H groups in total. The number of methoxy groups -OCH3 is 1. The quantitative estimate of drug-likeness (QED) is 0.271. The van der Waals surface area contributed by atoms with Crippen molar-refractivity contribution < 1.29 is 37.2 Å². The van der Waals surface area contributed by atoms with Crippen LogP contribution >= 0.6 is 7.82 Å². The number of esters is 1. The third kappa shape index (κ3) is 6.63. The van der Waals surface area contributed by atoms with E-state index in [2.05, 4.69) is 15.0 Å². The van der Waals surface area contributed by atoms with Gasteiger partial charge in [-0.1, -0.05) is 12.1 Å². The van der Waals surface area contributed by atoms with Crippen molar-refractivity contribution in [1.82, 2.24) is 14.9 Å². The maximum atomic E-state index is 13.0. The van der Waals surface area contributed by atoms with Gasteiger partial charge in [-0.3, -0.25) is 33.0 Å². The lowest BCUT2D eigenvalue weighted by molar-refractivity contribution is -0.141. The van der Waals surface area contributed by atoms with Gasteiger partial charge >= 0.3 is 19.5 Å². The Morgan fingerprint density at radius 1 is 1.27 bits per heavy atom. The van der Waals surface area contributed by atoms with E-state index in [-0.39, 0.29) is 32.1 Å². The predicted molar refractivity (Wildman–Crippen MR) is 128 cm³/mol. The number of nitrogens with one attached hydrogen (secondary N) is 2. The molecule has 0 saturated carbocycles. The second-order valence-corrected chi connectivity index (χ2v) is 9.92. The van der Waals surface area contributed by atoms with Crippen LogP contribution in [0, 0.1) is 6.92 Å². The molecule has 13 nitrogen and oxygen atoms in total. The molecule has 2 aliphatic heterocycles. The molecule has 0 radical (unpaired) electrons. The molecule has 1 amide bonds. The van der Waals surface area contributed by atoms with Crippen LogP contribution in [-0.2, 0) is 45.7 Å². The number of hydrogen-bond donors (Lipinski definition) is 2. The minimum absolute atomic E-state index is 0.0228. The summed E-state index contributed by atoms with van der Waals surface area (Å²) in [4.78, 5) is 48.8. The van der Waals surface area contributed by atoms with E-state index in [0.717, 1.165) is 5.56 Å². The molecule has 1 aromatic carbocycles. The van der Waals surface area contributed by atoms with Crippen LogP contribution in [0.25, 0.3) is 0 Å². The highest BCUT2D eigenvalue weighted by atomic mass is 31.2. The van der Waals surface area contributed by atoms with Gasteiger partial charge in [0.05, 0.1) is 20.3 Å². The number of carbonyl (C=O) groups excluding carboxylic acids is 2. The van der Waals surface area contributed by atoms with Crippen molar-refractivity contribution in [2.45, 2.75) is 38.7 Å². The molecule has 1 aromatic heterocycles. The van der Waals surface area contributed by atoms with E-state index in [1.54, 1.807) is 37.3 Å². The molecule has 0 saturated heterocycles. The number of amides is 1. The summed E-state index contributed by atoms with van der Waals surface area (Å²) < 4.78 is 40.7. The zero-order valence-electron chi connectivity index (χ0n) is 20.1. The number of aryl methyl sites for hydroxylation is 2. The third-order valence-electron chi connectivity index (χ3n) is 5.63. The SMILES string of the molecule is COC(=O)CNC(=O)CCc1ccc2c(c1)COP(=O)(OC[C@@H]1C=C[C@H](n3cc(C)c(=O)[nH]c3=O)O1)O2. The van der Waals surface area contributed by atoms with Crippen LogP contribution in [0.4, 0.5) is 0 Å². The highest BCUT2D eigenvalue weighted by Crippen LogP contribution is 2.54. The molecule has 198 valence electrons. The van der Waals surface area contributed by atoms with E-state index in [1.807, 2.05) is 0 Å². The highest BCUT2D eigenvalue weighted by molar-refractivity contribution is 7.49. The van der Waals surface area contributed by atoms with Gasteiger partial charge in [0.25, 0.3) is 5.56 Å². The number of aromatic amines is 1. The average Bonchev–Trinajstić information content (AvgIpc) is 3.36. The fourth-order valence-corrected chi connectivity index (χ4v) is 4.85. The van der Waals surface area contributed by atoms with E-state index >= 15 is 0 Å². The molecule has 37 heavy (non-hydrogen) atoms. The van der Waals surface area contributed by atoms with Crippen molar-refractivity contribution in [2.75, 3.05) is 20.3 Å². The molecule has 2 aromatic rings. The molecule has 4 rings (SSSR count). The van der Waals surface area contributed by atoms with Crippen molar-refractivity contribution in [3.63, 3.8) is 0 Å². The summed E-state index contributed by atoms with van der Waals surface area (Å²) >= 11 is 0.